The van der Waals surface area contributed by atoms with Crippen molar-refractivity contribution in [2.24, 2.45) is 0 Å². The largest absolute Gasteiger partial charge is 0.493 e. The Labute approximate surface area is 108 Å². The van der Waals surface area contributed by atoms with Crippen molar-refractivity contribution in [1.29, 1.82) is 0 Å². The highest BCUT2D eigenvalue weighted by Crippen LogP contribution is 2.13. The second-order valence-electron chi connectivity index (χ2n) is 4.10. The number of benzene rings is 1. The molecule has 0 saturated heterocycles. The van der Waals surface area contributed by atoms with E-state index >= 15 is 0 Å². The maximum atomic E-state index is 11.3. The summed E-state index contributed by atoms with van der Waals surface area (Å²) in [6.45, 7) is 2.95. The Morgan fingerprint density at radius 2 is 1.89 bits per heavy atom. The summed E-state index contributed by atoms with van der Waals surface area (Å²) >= 11 is 0. The van der Waals surface area contributed by atoms with Crippen LogP contribution >= 0.6 is 0 Å². The quantitative estimate of drug-likeness (QED) is 0.438. The predicted molar refractivity (Wildman–Crippen MR) is 71.5 cm³/mol. The van der Waals surface area contributed by atoms with Crippen LogP contribution in [0, 0.1) is 0 Å². The van der Waals surface area contributed by atoms with E-state index in [1.165, 1.54) is 0 Å². The summed E-state index contributed by atoms with van der Waals surface area (Å²) in [5.41, 5.74) is 6.25. The van der Waals surface area contributed by atoms with Gasteiger partial charge in [-0.2, -0.15) is 0 Å². The lowest BCUT2D eigenvalue weighted by atomic mass is 10.3. The molecule has 4 nitrogen and oxygen atoms in total. The van der Waals surface area contributed by atoms with Crippen LogP contribution in [0.25, 0.3) is 0 Å². The molecule has 0 aliphatic rings. The molecule has 0 aliphatic heterocycles. The smallest absolute Gasteiger partial charge is 0.309 e. The maximum absolute atomic E-state index is 11.3. The molecule has 0 radical (unpaired) electrons. The average Bonchev–Trinajstić information content (AvgIpc) is 2.37. The lowest BCUT2D eigenvalue weighted by Gasteiger charge is -2.07. The Morgan fingerprint density at radius 3 is 2.56 bits per heavy atom. The number of anilines is 1. The molecule has 1 aromatic rings. The average molecular weight is 251 g/mol. The van der Waals surface area contributed by atoms with Crippen LogP contribution in [-0.2, 0) is 9.53 Å². The predicted octanol–water partition coefficient (Wildman–Crippen LogP) is 2.77. The number of carbonyl (C=O) groups excluding carboxylic acids is 1. The summed E-state index contributed by atoms with van der Waals surface area (Å²) in [5.74, 6) is 0.504. The molecule has 0 fully saturated rings. The molecule has 0 saturated carbocycles. The fourth-order valence-electron chi connectivity index (χ4n) is 1.43. The van der Waals surface area contributed by atoms with Crippen molar-refractivity contribution >= 4 is 11.7 Å². The van der Waals surface area contributed by atoms with Crippen molar-refractivity contribution in [2.45, 2.75) is 32.6 Å². The van der Waals surface area contributed by atoms with Crippen LogP contribution in [0.2, 0.25) is 0 Å². The van der Waals surface area contributed by atoms with E-state index in [0.717, 1.165) is 19.3 Å². The van der Waals surface area contributed by atoms with Crippen molar-refractivity contribution in [3.63, 3.8) is 0 Å². The molecule has 0 amide bonds. The standard InChI is InChI=1S/C14H21NO3/c1-2-3-4-10-18-14(16)9-11-17-13-7-5-12(15)6-8-13/h5-8H,2-4,9-11,15H2,1H3. The van der Waals surface area contributed by atoms with Crippen molar-refractivity contribution in [1.82, 2.24) is 0 Å². The van der Waals surface area contributed by atoms with Crippen LogP contribution in [0.1, 0.15) is 32.6 Å². The molecule has 1 aromatic carbocycles. The maximum Gasteiger partial charge on any atom is 0.309 e. The lowest BCUT2D eigenvalue weighted by Crippen LogP contribution is -2.10. The Bertz CT molecular complexity index is 349. The summed E-state index contributed by atoms with van der Waals surface area (Å²) < 4.78 is 10.5. The van der Waals surface area contributed by atoms with Gasteiger partial charge in [-0.3, -0.25) is 4.79 Å². The summed E-state index contributed by atoms with van der Waals surface area (Å²) in [7, 11) is 0. The van der Waals surface area contributed by atoms with Gasteiger partial charge in [0, 0.05) is 5.69 Å². The summed E-state index contributed by atoms with van der Waals surface area (Å²) in [6, 6.07) is 7.08. The van der Waals surface area contributed by atoms with Crippen molar-refractivity contribution in [2.75, 3.05) is 18.9 Å². The molecule has 18 heavy (non-hydrogen) atoms. The molecule has 0 aliphatic carbocycles. The molecule has 100 valence electrons. The van der Waals surface area contributed by atoms with E-state index in [4.69, 9.17) is 15.2 Å². The zero-order chi connectivity index (χ0) is 13.2. The van der Waals surface area contributed by atoms with Crippen LogP contribution < -0.4 is 10.5 Å². The van der Waals surface area contributed by atoms with Crippen molar-refractivity contribution in [3.8, 4) is 5.75 Å². The zero-order valence-corrected chi connectivity index (χ0v) is 10.9. The Hall–Kier alpha value is -1.71. The zero-order valence-electron chi connectivity index (χ0n) is 10.9. The third-order valence-electron chi connectivity index (χ3n) is 2.47. The van der Waals surface area contributed by atoms with Crippen molar-refractivity contribution in [3.05, 3.63) is 24.3 Å². The minimum atomic E-state index is -0.207. The van der Waals surface area contributed by atoms with Gasteiger partial charge in [0.05, 0.1) is 19.6 Å². The van der Waals surface area contributed by atoms with Crippen LogP contribution in [0.4, 0.5) is 5.69 Å². The van der Waals surface area contributed by atoms with E-state index in [-0.39, 0.29) is 12.4 Å². The second-order valence-corrected chi connectivity index (χ2v) is 4.10. The Balaban J connectivity index is 2.10. The van der Waals surface area contributed by atoms with E-state index in [1.54, 1.807) is 24.3 Å². The summed E-state index contributed by atoms with van der Waals surface area (Å²) in [5, 5.41) is 0. The van der Waals surface area contributed by atoms with E-state index in [9.17, 15) is 4.79 Å². The molecule has 0 spiro atoms. The fraction of sp³-hybridized carbons (Fsp3) is 0.500. The monoisotopic (exact) mass is 251 g/mol. The van der Waals surface area contributed by atoms with Crippen LogP contribution in [-0.4, -0.2) is 19.2 Å². The number of unbranched alkanes of at least 4 members (excludes halogenated alkanes) is 2. The highest BCUT2D eigenvalue weighted by molar-refractivity contribution is 5.69. The molecule has 0 heterocycles. The van der Waals surface area contributed by atoms with E-state index in [1.807, 2.05) is 0 Å². The molecule has 4 heteroatoms. The van der Waals surface area contributed by atoms with Gasteiger partial charge in [0.15, 0.2) is 0 Å². The first-order chi connectivity index (χ1) is 8.72. The second kappa shape index (κ2) is 8.39. The summed E-state index contributed by atoms with van der Waals surface area (Å²) in [6.07, 6.45) is 3.42. The number of carbonyl (C=O) groups is 1. The third kappa shape index (κ3) is 6.13. The topological polar surface area (TPSA) is 61.5 Å². The van der Waals surface area contributed by atoms with Gasteiger partial charge in [-0.15, -0.1) is 0 Å². The number of esters is 1. The Kier molecular flexibility index (Phi) is 6.69. The molecule has 1 rings (SSSR count). The first kappa shape index (κ1) is 14.4. The number of hydrogen-bond acceptors (Lipinski definition) is 4. The third-order valence-corrected chi connectivity index (χ3v) is 2.47. The highest BCUT2D eigenvalue weighted by atomic mass is 16.5. The minimum absolute atomic E-state index is 0.207. The summed E-state index contributed by atoms with van der Waals surface area (Å²) in [4.78, 5) is 11.3. The normalized spacial score (nSPS) is 10.1. The molecule has 0 atom stereocenters. The molecule has 0 unspecified atom stereocenters. The van der Waals surface area contributed by atoms with E-state index < -0.39 is 0 Å². The van der Waals surface area contributed by atoms with Crippen LogP contribution in [0.15, 0.2) is 24.3 Å². The van der Waals surface area contributed by atoms with Gasteiger partial charge in [0.25, 0.3) is 0 Å². The first-order valence-corrected chi connectivity index (χ1v) is 6.36. The van der Waals surface area contributed by atoms with Gasteiger partial charge in [-0.1, -0.05) is 19.8 Å². The van der Waals surface area contributed by atoms with Crippen LogP contribution in [0.5, 0.6) is 5.75 Å². The minimum Gasteiger partial charge on any atom is -0.493 e. The number of rotatable bonds is 8. The Morgan fingerprint density at radius 1 is 1.17 bits per heavy atom. The van der Waals surface area contributed by atoms with Gasteiger partial charge in [-0.25, -0.2) is 0 Å². The number of nitrogen functional groups attached to an aromatic ring is 1. The lowest BCUT2D eigenvalue weighted by molar-refractivity contribution is -0.144. The first-order valence-electron chi connectivity index (χ1n) is 6.36. The van der Waals surface area contributed by atoms with Gasteiger partial charge in [0.1, 0.15) is 5.75 Å². The van der Waals surface area contributed by atoms with E-state index in [0.29, 0.717) is 24.7 Å². The number of nitrogens with two attached hydrogens (primary N) is 1. The van der Waals surface area contributed by atoms with Crippen molar-refractivity contribution < 1.29 is 14.3 Å². The molecule has 0 bridgehead atoms. The molecule has 0 aromatic heterocycles. The van der Waals surface area contributed by atoms with Gasteiger partial charge in [-0.05, 0) is 30.7 Å². The fourth-order valence-corrected chi connectivity index (χ4v) is 1.43. The molecular weight excluding hydrogens is 230 g/mol. The van der Waals surface area contributed by atoms with Gasteiger partial charge >= 0.3 is 5.97 Å². The highest BCUT2D eigenvalue weighted by Gasteiger charge is 2.03. The van der Waals surface area contributed by atoms with Crippen LogP contribution in [0.3, 0.4) is 0 Å². The molecule has 2 N–H and O–H groups in total. The molecular formula is C14H21NO3. The van der Waals surface area contributed by atoms with Gasteiger partial charge in [0.2, 0.25) is 0 Å². The number of hydrogen-bond donors (Lipinski definition) is 1. The van der Waals surface area contributed by atoms with E-state index in [2.05, 4.69) is 6.92 Å². The van der Waals surface area contributed by atoms with Gasteiger partial charge < -0.3 is 15.2 Å². The SMILES string of the molecule is CCCCCOC(=O)CCOc1ccc(N)cc1. The number of ether oxygens (including phenoxy) is 2.